The summed E-state index contributed by atoms with van der Waals surface area (Å²) in [4.78, 5) is 46.7. The van der Waals surface area contributed by atoms with E-state index in [1.165, 1.54) is 17.0 Å². The van der Waals surface area contributed by atoms with Crippen LogP contribution in [0.4, 0.5) is 35.0 Å². The number of urea groups is 1. The fraction of sp³-hybridized carbons (Fsp3) is 0.237. The van der Waals surface area contributed by atoms with E-state index >= 15 is 0 Å². The molecule has 2 N–H and O–H groups in total. The van der Waals surface area contributed by atoms with E-state index in [1.807, 2.05) is 25.1 Å². The van der Waals surface area contributed by atoms with Gasteiger partial charge in [0.05, 0.1) is 11.8 Å². The standard InChI is InChI=1S/C38H33F3N8O3/c1-25-7-8-28(21-27(25)9-11-31-23-42-34-6-3-14-43-49(31)34)36(51)44-29-10-12-33(32(22-29)38(39,40)41)47-18-16-46(17-19-47)24-26-4-2-5-30(20-26)48-15-13-35(50)45-37(48)52/h2-8,10,12,14,20-23H,13,15-19,24H2,1H3,(H,44,51)(H,45,50,52). The summed E-state index contributed by atoms with van der Waals surface area (Å²) in [6, 6.07) is 19.4. The second-order valence-corrected chi connectivity index (χ2v) is 12.6. The van der Waals surface area contributed by atoms with Crippen molar-refractivity contribution in [2.75, 3.05) is 47.8 Å². The minimum Gasteiger partial charge on any atom is -0.368 e. The Balaban J connectivity index is 1.01. The van der Waals surface area contributed by atoms with Crippen molar-refractivity contribution in [3.63, 3.8) is 0 Å². The smallest absolute Gasteiger partial charge is 0.368 e. The van der Waals surface area contributed by atoms with Crippen molar-refractivity contribution in [2.45, 2.75) is 26.1 Å². The van der Waals surface area contributed by atoms with Crippen LogP contribution in [0.25, 0.3) is 5.65 Å². The van der Waals surface area contributed by atoms with E-state index in [0.29, 0.717) is 61.9 Å². The van der Waals surface area contributed by atoms with Crippen molar-refractivity contribution < 1.29 is 27.6 Å². The van der Waals surface area contributed by atoms with E-state index in [0.717, 1.165) is 17.2 Å². The summed E-state index contributed by atoms with van der Waals surface area (Å²) in [5.41, 5.74) is 3.75. The number of nitrogens with one attached hydrogen (secondary N) is 2. The molecule has 4 amide bonds. The van der Waals surface area contributed by atoms with Crippen LogP contribution in [-0.4, -0.2) is 70.1 Å². The van der Waals surface area contributed by atoms with Crippen LogP contribution in [0.15, 0.2) is 85.2 Å². The molecule has 0 bridgehead atoms. The lowest BCUT2D eigenvalue weighted by atomic mass is 10.0. The molecule has 0 saturated carbocycles. The van der Waals surface area contributed by atoms with Crippen LogP contribution in [0.2, 0.25) is 0 Å². The molecule has 4 heterocycles. The van der Waals surface area contributed by atoms with Gasteiger partial charge in [0.2, 0.25) is 5.91 Å². The molecule has 2 aliphatic heterocycles. The number of amides is 4. The zero-order valence-corrected chi connectivity index (χ0v) is 28.1. The van der Waals surface area contributed by atoms with Gasteiger partial charge in [-0.3, -0.25) is 24.7 Å². The minimum atomic E-state index is -4.65. The van der Waals surface area contributed by atoms with Crippen molar-refractivity contribution in [3.05, 3.63) is 119 Å². The number of benzene rings is 3. The largest absolute Gasteiger partial charge is 0.418 e. The minimum absolute atomic E-state index is 0.0244. The van der Waals surface area contributed by atoms with Crippen molar-refractivity contribution >= 4 is 40.6 Å². The van der Waals surface area contributed by atoms with E-state index < -0.39 is 23.7 Å². The molecule has 7 rings (SSSR count). The van der Waals surface area contributed by atoms with E-state index in [2.05, 4.69) is 37.5 Å². The molecule has 2 saturated heterocycles. The van der Waals surface area contributed by atoms with Gasteiger partial charge in [-0.05, 0) is 78.6 Å². The number of alkyl halides is 3. The van der Waals surface area contributed by atoms with Crippen LogP contribution < -0.4 is 20.4 Å². The van der Waals surface area contributed by atoms with Gasteiger partial charge in [-0.15, -0.1) is 0 Å². The average Bonchev–Trinajstić information content (AvgIpc) is 3.54. The molecule has 5 aromatic rings. The van der Waals surface area contributed by atoms with Crippen molar-refractivity contribution in [2.24, 2.45) is 0 Å². The molecule has 0 radical (unpaired) electrons. The van der Waals surface area contributed by atoms with E-state index in [4.69, 9.17) is 0 Å². The number of piperazine rings is 1. The van der Waals surface area contributed by atoms with Gasteiger partial charge >= 0.3 is 12.2 Å². The molecular weight excluding hydrogens is 673 g/mol. The maximum Gasteiger partial charge on any atom is 0.418 e. The highest BCUT2D eigenvalue weighted by molar-refractivity contribution is 6.06. The van der Waals surface area contributed by atoms with Gasteiger partial charge in [0.15, 0.2) is 5.65 Å². The first-order valence-corrected chi connectivity index (χ1v) is 16.6. The number of aromatic nitrogens is 3. The van der Waals surface area contributed by atoms with E-state index in [9.17, 15) is 27.6 Å². The van der Waals surface area contributed by atoms with Crippen LogP contribution in [-0.2, 0) is 17.5 Å². The van der Waals surface area contributed by atoms with Crippen molar-refractivity contribution in [1.29, 1.82) is 0 Å². The highest BCUT2D eigenvalue weighted by atomic mass is 19.4. The Kier molecular flexibility index (Phi) is 9.35. The number of imidazole rings is 1. The van der Waals surface area contributed by atoms with Crippen molar-refractivity contribution in [1.82, 2.24) is 24.8 Å². The molecule has 0 unspecified atom stereocenters. The van der Waals surface area contributed by atoms with Gasteiger partial charge < -0.3 is 10.2 Å². The first-order valence-electron chi connectivity index (χ1n) is 16.6. The molecule has 0 atom stereocenters. The number of halogens is 3. The highest BCUT2D eigenvalue weighted by Crippen LogP contribution is 2.39. The molecule has 2 fully saturated rings. The van der Waals surface area contributed by atoms with Crippen LogP contribution in [0.3, 0.4) is 0 Å². The monoisotopic (exact) mass is 706 g/mol. The van der Waals surface area contributed by atoms with E-state index in [-0.39, 0.29) is 29.3 Å². The molecular formula is C38H33F3N8O3. The molecule has 14 heteroatoms. The Bertz CT molecular complexity index is 2250. The van der Waals surface area contributed by atoms with Gasteiger partial charge in [0.1, 0.15) is 5.69 Å². The number of aryl methyl sites for hydroxylation is 1. The Morgan fingerprint density at radius 3 is 2.56 bits per heavy atom. The summed E-state index contributed by atoms with van der Waals surface area (Å²) in [6.07, 6.45) is -1.20. The summed E-state index contributed by atoms with van der Waals surface area (Å²) in [7, 11) is 0. The predicted molar refractivity (Wildman–Crippen MR) is 189 cm³/mol. The Morgan fingerprint density at radius 1 is 0.942 bits per heavy atom. The summed E-state index contributed by atoms with van der Waals surface area (Å²) in [5, 5.41) is 9.20. The Labute approximate surface area is 297 Å². The first kappa shape index (κ1) is 34.3. The second kappa shape index (κ2) is 14.2. The zero-order chi connectivity index (χ0) is 36.4. The number of anilines is 3. The highest BCUT2D eigenvalue weighted by Gasteiger charge is 2.36. The van der Waals surface area contributed by atoms with Gasteiger partial charge in [-0.25, -0.2) is 14.3 Å². The van der Waals surface area contributed by atoms with Gasteiger partial charge in [0, 0.05) is 80.1 Å². The fourth-order valence-electron chi connectivity index (χ4n) is 6.30. The molecule has 52 heavy (non-hydrogen) atoms. The SMILES string of the molecule is Cc1ccc(C(=O)Nc2ccc(N3CCN(Cc4cccc(N5CCC(=O)NC5=O)c4)CC3)c(C(F)(F)F)c2)cc1C#Cc1cnc2cccnn12. The summed E-state index contributed by atoms with van der Waals surface area (Å²) >= 11 is 0. The first-order chi connectivity index (χ1) is 25.0. The number of hydrogen-bond acceptors (Lipinski definition) is 7. The number of fused-ring (bicyclic) bond motifs is 1. The average molecular weight is 707 g/mol. The third-order valence-electron chi connectivity index (χ3n) is 9.06. The lowest BCUT2D eigenvalue weighted by molar-refractivity contribution is -0.137. The van der Waals surface area contributed by atoms with Gasteiger partial charge in [-0.1, -0.05) is 24.1 Å². The lowest BCUT2D eigenvalue weighted by Crippen LogP contribution is -2.49. The molecule has 3 aromatic carbocycles. The summed E-state index contributed by atoms with van der Waals surface area (Å²) < 4.78 is 44.9. The molecule has 2 aromatic heterocycles. The van der Waals surface area contributed by atoms with Gasteiger partial charge in [0.25, 0.3) is 5.91 Å². The summed E-state index contributed by atoms with van der Waals surface area (Å²) in [5.74, 6) is 5.23. The van der Waals surface area contributed by atoms with Gasteiger partial charge in [-0.2, -0.15) is 18.3 Å². The van der Waals surface area contributed by atoms with Crippen LogP contribution >= 0.6 is 0 Å². The molecule has 0 aliphatic carbocycles. The number of nitrogens with zero attached hydrogens (tertiary/aromatic N) is 6. The molecule has 0 spiro atoms. The maximum atomic E-state index is 14.4. The Morgan fingerprint density at radius 2 is 1.77 bits per heavy atom. The summed E-state index contributed by atoms with van der Waals surface area (Å²) in [6.45, 7) is 4.47. The maximum absolute atomic E-state index is 14.4. The van der Waals surface area contributed by atoms with Crippen LogP contribution in [0.1, 0.15) is 44.7 Å². The topological polar surface area (TPSA) is 115 Å². The molecule has 264 valence electrons. The number of rotatable bonds is 6. The quantitative estimate of drug-likeness (QED) is 0.225. The molecule has 2 aliphatic rings. The number of carbonyl (C=O) groups excluding carboxylic acids is 3. The lowest BCUT2D eigenvalue weighted by Gasteiger charge is -2.37. The fourth-order valence-corrected chi connectivity index (χ4v) is 6.30. The predicted octanol–water partition coefficient (Wildman–Crippen LogP) is 5.48. The number of carbonyl (C=O) groups is 3. The van der Waals surface area contributed by atoms with Crippen molar-refractivity contribution in [3.8, 4) is 11.8 Å². The number of imide groups is 1. The van der Waals surface area contributed by atoms with Crippen LogP contribution in [0.5, 0.6) is 0 Å². The Hall–Kier alpha value is -6.20. The molecule has 11 nitrogen and oxygen atoms in total. The third-order valence-corrected chi connectivity index (χ3v) is 9.06. The van der Waals surface area contributed by atoms with E-state index in [1.54, 1.807) is 58.2 Å². The normalized spacial score (nSPS) is 15.3. The van der Waals surface area contributed by atoms with Crippen LogP contribution in [0, 0.1) is 18.8 Å². The second-order valence-electron chi connectivity index (χ2n) is 12.6. The number of hydrogen-bond donors (Lipinski definition) is 2. The zero-order valence-electron chi connectivity index (χ0n) is 28.1. The third kappa shape index (κ3) is 7.45.